The highest BCUT2D eigenvalue weighted by Gasteiger charge is 2.20. The molecular weight excluding hydrogens is 360 g/mol. The van der Waals surface area contributed by atoms with Gasteiger partial charge in [0.25, 0.3) is 0 Å². The molecule has 0 radical (unpaired) electrons. The molecule has 1 unspecified atom stereocenters. The maximum Gasteiger partial charge on any atom is 0.330 e. The number of esters is 1. The summed E-state index contributed by atoms with van der Waals surface area (Å²) in [4.78, 5) is 11.6. The lowest BCUT2D eigenvalue weighted by Gasteiger charge is -2.25. The number of allylic oxidation sites excluding steroid dienone is 4. The summed E-state index contributed by atoms with van der Waals surface area (Å²) >= 11 is 0. The van der Waals surface area contributed by atoms with Crippen LogP contribution in [0.1, 0.15) is 64.9 Å². The van der Waals surface area contributed by atoms with Gasteiger partial charge in [0.15, 0.2) is 0 Å². The normalized spacial score (nSPS) is 16.6. The number of benzene rings is 1. The topological polar surface area (TPSA) is 35.5 Å². The van der Waals surface area contributed by atoms with Crippen LogP contribution in [0.4, 0.5) is 0 Å². The van der Waals surface area contributed by atoms with Crippen molar-refractivity contribution < 1.29 is 14.3 Å². The van der Waals surface area contributed by atoms with E-state index in [2.05, 4.69) is 37.3 Å². The number of ether oxygens (including phenoxy) is 2. The molecule has 3 heteroatoms. The number of carbonyl (C=O) groups is 1. The molecule has 156 valence electrons. The monoisotopic (exact) mass is 394 g/mol. The molecule has 0 N–H and O–H groups in total. The Bertz CT molecular complexity index is 768. The molecule has 1 aliphatic heterocycles. The fraction of sp³-hybridized carbons (Fsp3) is 0.423. The fourth-order valence-corrected chi connectivity index (χ4v) is 3.22. The molecule has 1 aliphatic rings. The second-order valence-electron chi connectivity index (χ2n) is 7.31. The van der Waals surface area contributed by atoms with Crippen molar-refractivity contribution in [2.24, 2.45) is 0 Å². The van der Waals surface area contributed by atoms with E-state index in [9.17, 15) is 4.79 Å². The molecule has 0 aliphatic carbocycles. The van der Waals surface area contributed by atoms with Gasteiger partial charge in [0.1, 0.15) is 11.9 Å². The van der Waals surface area contributed by atoms with E-state index in [1.165, 1.54) is 25.3 Å². The quantitative estimate of drug-likeness (QED) is 0.136. The molecule has 0 bridgehead atoms. The lowest BCUT2D eigenvalue weighted by atomic mass is 9.97. The lowest BCUT2D eigenvalue weighted by molar-refractivity contribution is -0.137. The van der Waals surface area contributed by atoms with Gasteiger partial charge in [0, 0.05) is 11.6 Å². The van der Waals surface area contributed by atoms with Gasteiger partial charge in [0.05, 0.1) is 6.61 Å². The van der Waals surface area contributed by atoms with E-state index in [0.29, 0.717) is 6.61 Å². The van der Waals surface area contributed by atoms with Crippen molar-refractivity contribution in [1.29, 1.82) is 0 Å². The van der Waals surface area contributed by atoms with Crippen LogP contribution in [-0.2, 0) is 9.53 Å². The minimum atomic E-state index is -0.307. The van der Waals surface area contributed by atoms with Gasteiger partial charge < -0.3 is 9.47 Å². The van der Waals surface area contributed by atoms with Gasteiger partial charge in [-0.05, 0) is 62.8 Å². The first kappa shape index (κ1) is 22.7. The number of rotatable bonds is 11. The molecular formula is C26H34O3. The highest BCUT2D eigenvalue weighted by molar-refractivity contribution is 5.83. The van der Waals surface area contributed by atoms with Gasteiger partial charge in [-0.15, -0.1) is 0 Å². The minimum absolute atomic E-state index is 0.0110. The van der Waals surface area contributed by atoms with E-state index < -0.39 is 0 Å². The average Bonchev–Trinajstić information content (AvgIpc) is 2.71. The van der Waals surface area contributed by atoms with Crippen molar-refractivity contribution in [2.45, 2.75) is 65.4 Å². The number of fused-ring (bicyclic) bond motifs is 1. The molecule has 0 spiro atoms. The average molecular weight is 395 g/mol. The van der Waals surface area contributed by atoms with Crippen molar-refractivity contribution >= 4 is 12.0 Å². The summed E-state index contributed by atoms with van der Waals surface area (Å²) in [5, 5.41) is 0. The fourth-order valence-electron chi connectivity index (χ4n) is 3.22. The first-order chi connectivity index (χ1) is 14.1. The summed E-state index contributed by atoms with van der Waals surface area (Å²) in [5.74, 6) is 0.624. The molecule has 0 saturated carbocycles. The van der Waals surface area contributed by atoms with Crippen LogP contribution in [0.15, 0.2) is 65.8 Å². The number of carbonyl (C=O) groups excluding carboxylic acids is 1. The van der Waals surface area contributed by atoms with Gasteiger partial charge in [-0.3, -0.25) is 0 Å². The Labute approximate surface area is 175 Å². The summed E-state index contributed by atoms with van der Waals surface area (Å²) in [5.41, 5.74) is 3.07. The summed E-state index contributed by atoms with van der Waals surface area (Å²) < 4.78 is 11.3. The Hall–Kier alpha value is -2.55. The van der Waals surface area contributed by atoms with Crippen LogP contribution in [0.2, 0.25) is 0 Å². The van der Waals surface area contributed by atoms with Gasteiger partial charge in [-0.1, -0.05) is 62.3 Å². The van der Waals surface area contributed by atoms with Crippen LogP contribution < -0.4 is 4.74 Å². The Morgan fingerprint density at radius 2 is 1.93 bits per heavy atom. The summed E-state index contributed by atoms with van der Waals surface area (Å²) in [6, 6.07) is 8.11. The highest BCUT2D eigenvalue weighted by Crippen LogP contribution is 2.32. The predicted molar refractivity (Wildman–Crippen MR) is 121 cm³/mol. The lowest BCUT2D eigenvalue weighted by Crippen LogP contribution is -2.21. The van der Waals surface area contributed by atoms with E-state index in [1.807, 2.05) is 31.2 Å². The van der Waals surface area contributed by atoms with Crippen LogP contribution in [0.5, 0.6) is 5.75 Å². The largest absolute Gasteiger partial charge is 0.485 e. The molecule has 1 atom stereocenters. The zero-order valence-electron chi connectivity index (χ0n) is 18.0. The third kappa shape index (κ3) is 8.15. The van der Waals surface area contributed by atoms with Crippen molar-refractivity contribution in [1.82, 2.24) is 0 Å². The molecule has 3 nitrogen and oxygen atoms in total. The predicted octanol–water partition coefficient (Wildman–Crippen LogP) is 6.81. The zero-order chi connectivity index (χ0) is 20.9. The van der Waals surface area contributed by atoms with Crippen molar-refractivity contribution in [3.05, 3.63) is 71.4 Å². The van der Waals surface area contributed by atoms with E-state index in [4.69, 9.17) is 9.47 Å². The third-order valence-corrected chi connectivity index (χ3v) is 4.79. The van der Waals surface area contributed by atoms with Gasteiger partial charge in [-0.2, -0.15) is 0 Å². The molecule has 0 saturated heterocycles. The van der Waals surface area contributed by atoms with Gasteiger partial charge in [0.2, 0.25) is 0 Å². The van der Waals surface area contributed by atoms with E-state index in [0.717, 1.165) is 41.7 Å². The van der Waals surface area contributed by atoms with Gasteiger partial charge >= 0.3 is 5.97 Å². The second kappa shape index (κ2) is 12.8. The minimum Gasteiger partial charge on any atom is -0.485 e. The first-order valence-corrected chi connectivity index (χ1v) is 10.8. The smallest absolute Gasteiger partial charge is 0.330 e. The molecule has 1 heterocycles. The first-order valence-electron chi connectivity index (χ1n) is 10.8. The van der Waals surface area contributed by atoms with Crippen LogP contribution in [0, 0.1) is 0 Å². The Morgan fingerprint density at radius 3 is 2.72 bits per heavy atom. The van der Waals surface area contributed by atoms with E-state index in [1.54, 1.807) is 6.92 Å². The molecule has 0 fully saturated rings. The standard InChI is InChI=1S/C26H34O3/c1-4-6-7-8-9-10-11-15-25-23(18-17-21(3)19-26(27)28-5-2)20-22-14-12-13-16-24(22)29-25/h9-10,12-14,16-20,25H,4-8,11,15H2,1-3H3/b10-9+,18-17+,21-19+. The number of hydrogen-bond acceptors (Lipinski definition) is 3. The van der Waals surface area contributed by atoms with E-state index in [-0.39, 0.29) is 12.1 Å². The molecule has 0 aromatic heterocycles. The summed E-state index contributed by atoms with van der Waals surface area (Å²) in [7, 11) is 0. The number of unbranched alkanes of at least 4 members (excludes halogenated alkanes) is 3. The van der Waals surface area contributed by atoms with Crippen LogP contribution >= 0.6 is 0 Å². The highest BCUT2D eigenvalue weighted by atomic mass is 16.5. The molecule has 29 heavy (non-hydrogen) atoms. The third-order valence-electron chi connectivity index (χ3n) is 4.79. The van der Waals surface area contributed by atoms with E-state index >= 15 is 0 Å². The van der Waals surface area contributed by atoms with Crippen molar-refractivity contribution in [3.63, 3.8) is 0 Å². The maximum atomic E-state index is 11.6. The van der Waals surface area contributed by atoms with Crippen LogP contribution in [0.3, 0.4) is 0 Å². The molecule has 1 aromatic rings. The molecule has 0 amide bonds. The van der Waals surface area contributed by atoms with Crippen molar-refractivity contribution in [2.75, 3.05) is 6.61 Å². The Balaban J connectivity index is 2.05. The number of hydrogen-bond donors (Lipinski definition) is 0. The summed E-state index contributed by atoms with van der Waals surface area (Å²) in [6.07, 6.45) is 19.2. The zero-order valence-corrected chi connectivity index (χ0v) is 18.0. The summed E-state index contributed by atoms with van der Waals surface area (Å²) in [6.45, 7) is 6.32. The maximum absolute atomic E-state index is 11.6. The second-order valence-corrected chi connectivity index (χ2v) is 7.31. The SMILES string of the molecule is CCCCC/C=C/CCC1Oc2ccccc2C=C1/C=C/C(C)=C/C(=O)OCC. The van der Waals surface area contributed by atoms with Crippen LogP contribution in [-0.4, -0.2) is 18.7 Å². The Morgan fingerprint density at radius 1 is 1.14 bits per heavy atom. The number of para-hydroxylation sites is 1. The molecule has 2 rings (SSSR count). The van der Waals surface area contributed by atoms with Gasteiger partial charge in [-0.25, -0.2) is 4.79 Å². The van der Waals surface area contributed by atoms with Crippen LogP contribution in [0.25, 0.3) is 6.08 Å². The Kier molecular flexibility index (Phi) is 10.1. The molecule has 1 aromatic carbocycles. The van der Waals surface area contributed by atoms with Crippen molar-refractivity contribution in [3.8, 4) is 5.75 Å².